The van der Waals surface area contributed by atoms with Crippen molar-refractivity contribution in [2.24, 2.45) is 0 Å². The maximum Gasteiger partial charge on any atom is 0.228 e. The maximum atomic E-state index is 11.4. The van der Waals surface area contributed by atoms with Gasteiger partial charge in [0.05, 0.1) is 29.3 Å². The SMILES string of the molecule is COC1CCCCC1Nc1cc2c(cc1Cl)NC(=O)C2. The van der Waals surface area contributed by atoms with Gasteiger partial charge in [0.1, 0.15) is 0 Å². The lowest BCUT2D eigenvalue weighted by Gasteiger charge is -2.32. The van der Waals surface area contributed by atoms with Gasteiger partial charge in [-0.15, -0.1) is 0 Å². The van der Waals surface area contributed by atoms with Crippen molar-refractivity contribution in [2.45, 2.75) is 44.2 Å². The molecule has 1 heterocycles. The van der Waals surface area contributed by atoms with E-state index in [9.17, 15) is 4.79 Å². The van der Waals surface area contributed by atoms with Crippen LogP contribution in [-0.2, 0) is 16.0 Å². The number of methoxy groups -OCH3 is 1. The fourth-order valence-corrected chi connectivity index (χ4v) is 3.32. The van der Waals surface area contributed by atoms with Gasteiger partial charge < -0.3 is 15.4 Å². The number of carbonyl (C=O) groups excluding carboxylic acids is 1. The van der Waals surface area contributed by atoms with Crippen LogP contribution in [0.5, 0.6) is 0 Å². The number of anilines is 2. The predicted molar refractivity (Wildman–Crippen MR) is 80.5 cm³/mol. The van der Waals surface area contributed by atoms with Crippen LogP contribution in [-0.4, -0.2) is 25.2 Å². The van der Waals surface area contributed by atoms with Crippen molar-refractivity contribution < 1.29 is 9.53 Å². The Morgan fingerprint density at radius 1 is 1.35 bits per heavy atom. The summed E-state index contributed by atoms with van der Waals surface area (Å²) >= 11 is 6.31. The zero-order chi connectivity index (χ0) is 14.1. The van der Waals surface area contributed by atoms with Crippen LogP contribution in [0.1, 0.15) is 31.2 Å². The second kappa shape index (κ2) is 5.62. The molecule has 1 saturated carbocycles. The molecule has 2 atom stereocenters. The van der Waals surface area contributed by atoms with Crippen molar-refractivity contribution in [3.05, 3.63) is 22.7 Å². The molecule has 5 heteroatoms. The monoisotopic (exact) mass is 294 g/mol. The van der Waals surface area contributed by atoms with E-state index in [1.807, 2.05) is 12.1 Å². The van der Waals surface area contributed by atoms with Gasteiger partial charge in [0.15, 0.2) is 0 Å². The van der Waals surface area contributed by atoms with Gasteiger partial charge in [-0.25, -0.2) is 0 Å². The lowest BCUT2D eigenvalue weighted by molar-refractivity contribution is -0.115. The number of benzene rings is 1. The molecule has 4 nitrogen and oxygen atoms in total. The van der Waals surface area contributed by atoms with Crippen molar-refractivity contribution in [3.8, 4) is 0 Å². The lowest BCUT2D eigenvalue weighted by Crippen LogP contribution is -2.37. The van der Waals surface area contributed by atoms with Crippen LogP contribution in [0.2, 0.25) is 5.02 Å². The third-order valence-corrected chi connectivity index (χ3v) is 4.48. The first-order chi connectivity index (χ1) is 9.67. The van der Waals surface area contributed by atoms with E-state index in [2.05, 4.69) is 10.6 Å². The van der Waals surface area contributed by atoms with E-state index in [4.69, 9.17) is 16.3 Å². The molecular formula is C15H19ClN2O2. The van der Waals surface area contributed by atoms with Crippen molar-refractivity contribution in [2.75, 3.05) is 17.7 Å². The van der Waals surface area contributed by atoms with Crippen LogP contribution in [0.4, 0.5) is 11.4 Å². The Bertz CT molecular complexity index is 533. The van der Waals surface area contributed by atoms with Crippen LogP contribution in [0.3, 0.4) is 0 Å². The van der Waals surface area contributed by atoms with Gasteiger partial charge in [-0.1, -0.05) is 24.4 Å². The largest absolute Gasteiger partial charge is 0.379 e. The van der Waals surface area contributed by atoms with Crippen LogP contribution in [0, 0.1) is 0 Å². The molecule has 2 unspecified atom stereocenters. The molecule has 0 saturated heterocycles. The minimum atomic E-state index is 0.0284. The Labute approximate surface area is 123 Å². The molecule has 1 aromatic carbocycles. The van der Waals surface area contributed by atoms with Gasteiger partial charge in [-0.3, -0.25) is 4.79 Å². The number of rotatable bonds is 3. The number of carbonyl (C=O) groups is 1. The smallest absolute Gasteiger partial charge is 0.228 e. The molecule has 1 aromatic rings. The molecule has 108 valence electrons. The van der Waals surface area contributed by atoms with Gasteiger partial charge >= 0.3 is 0 Å². The van der Waals surface area contributed by atoms with Gasteiger partial charge in [0, 0.05) is 12.8 Å². The van der Waals surface area contributed by atoms with Gasteiger partial charge in [-0.2, -0.15) is 0 Å². The Kier molecular flexibility index (Phi) is 3.85. The fraction of sp³-hybridized carbons (Fsp3) is 0.533. The quantitative estimate of drug-likeness (QED) is 0.900. The average Bonchev–Trinajstić information content (AvgIpc) is 2.79. The second-order valence-corrected chi connectivity index (χ2v) is 5.93. The van der Waals surface area contributed by atoms with Crippen molar-refractivity contribution >= 4 is 28.9 Å². The predicted octanol–water partition coefficient (Wildman–Crippen LogP) is 3.20. The van der Waals surface area contributed by atoms with Crippen LogP contribution in [0.25, 0.3) is 0 Å². The van der Waals surface area contributed by atoms with Gasteiger partial charge in [-0.05, 0) is 30.5 Å². The van der Waals surface area contributed by atoms with Crippen molar-refractivity contribution in [1.29, 1.82) is 0 Å². The zero-order valence-corrected chi connectivity index (χ0v) is 12.3. The number of halogens is 1. The summed E-state index contributed by atoms with van der Waals surface area (Å²) in [6, 6.07) is 4.10. The molecule has 0 bridgehead atoms. The molecule has 1 aliphatic carbocycles. The summed E-state index contributed by atoms with van der Waals surface area (Å²) < 4.78 is 5.55. The van der Waals surface area contributed by atoms with Crippen LogP contribution in [0.15, 0.2) is 12.1 Å². The molecule has 2 aliphatic rings. The molecule has 1 aliphatic heterocycles. The van der Waals surface area contributed by atoms with E-state index in [0.29, 0.717) is 11.4 Å². The van der Waals surface area contributed by atoms with E-state index in [1.54, 1.807) is 7.11 Å². The summed E-state index contributed by atoms with van der Waals surface area (Å²) in [5.74, 6) is 0.0284. The summed E-state index contributed by atoms with van der Waals surface area (Å²) in [6.45, 7) is 0. The van der Waals surface area contributed by atoms with Crippen LogP contribution >= 0.6 is 11.6 Å². The summed E-state index contributed by atoms with van der Waals surface area (Å²) in [5.41, 5.74) is 2.74. The summed E-state index contributed by atoms with van der Waals surface area (Å²) in [7, 11) is 1.76. The molecule has 1 amide bonds. The summed E-state index contributed by atoms with van der Waals surface area (Å²) in [5, 5.41) is 6.96. The Balaban J connectivity index is 1.80. The molecule has 2 N–H and O–H groups in total. The minimum Gasteiger partial charge on any atom is -0.379 e. The molecule has 0 radical (unpaired) electrons. The number of hydrogen-bond donors (Lipinski definition) is 2. The number of nitrogens with one attached hydrogen (secondary N) is 2. The maximum absolute atomic E-state index is 11.4. The molecule has 0 aromatic heterocycles. The second-order valence-electron chi connectivity index (χ2n) is 5.52. The highest BCUT2D eigenvalue weighted by molar-refractivity contribution is 6.33. The lowest BCUT2D eigenvalue weighted by atomic mass is 9.92. The summed E-state index contributed by atoms with van der Waals surface area (Å²) in [4.78, 5) is 11.4. The standard InChI is InChI=1S/C15H19ClN2O2/c1-20-14-5-3-2-4-11(14)17-13-6-9-7-15(19)18-12(9)8-10(13)16/h6,8,11,14,17H,2-5,7H2,1H3,(H,18,19). The van der Waals surface area contributed by atoms with Gasteiger partial charge in [0.2, 0.25) is 5.91 Å². The minimum absolute atomic E-state index is 0.0284. The van der Waals surface area contributed by atoms with E-state index in [-0.39, 0.29) is 18.1 Å². The Morgan fingerprint density at radius 2 is 2.15 bits per heavy atom. The highest BCUT2D eigenvalue weighted by Crippen LogP contribution is 2.34. The molecular weight excluding hydrogens is 276 g/mol. The van der Waals surface area contributed by atoms with Gasteiger partial charge in [0.25, 0.3) is 0 Å². The zero-order valence-electron chi connectivity index (χ0n) is 11.5. The molecule has 1 fully saturated rings. The highest BCUT2D eigenvalue weighted by Gasteiger charge is 2.26. The fourth-order valence-electron chi connectivity index (χ4n) is 3.10. The van der Waals surface area contributed by atoms with Crippen molar-refractivity contribution in [3.63, 3.8) is 0 Å². The van der Waals surface area contributed by atoms with E-state index in [1.165, 1.54) is 12.8 Å². The molecule has 20 heavy (non-hydrogen) atoms. The third-order valence-electron chi connectivity index (χ3n) is 4.16. The average molecular weight is 295 g/mol. The number of ether oxygens (including phenoxy) is 1. The topological polar surface area (TPSA) is 50.4 Å². The summed E-state index contributed by atoms with van der Waals surface area (Å²) in [6.07, 6.45) is 5.25. The molecule has 0 spiro atoms. The normalized spacial score (nSPS) is 25.2. The first kappa shape index (κ1) is 13.7. The Hall–Kier alpha value is -1.26. The number of amides is 1. The number of hydrogen-bond acceptors (Lipinski definition) is 3. The highest BCUT2D eigenvalue weighted by atomic mass is 35.5. The van der Waals surface area contributed by atoms with E-state index >= 15 is 0 Å². The first-order valence-corrected chi connectivity index (χ1v) is 7.47. The van der Waals surface area contributed by atoms with E-state index < -0.39 is 0 Å². The van der Waals surface area contributed by atoms with Crippen molar-refractivity contribution in [1.82, 2.24) is 0 Å². The first-order valence-electron chi connectivity index (χ1n) is 7.09. The molecule has 3 rings (SSSR count). The van der Waals surface area contributed by atoms with E-state index in [0.717, 1.165) is 29.8 Å². The third kappa shape index (κ3) is 2.63. The Morgan fingerprint density at radius 3 is 2.95 bits per heavy atom. The number of fused-ring (bicyclic) bond motifs is 1. The van der Waals surface area contributed by atoms with Crippen LogP contribution < -0.4 is 10.6 Å².